The van der Waals surface area contributed by atoms with E-state index in [1.54, 1.807) is 42.5 Å². The van der Waals surface area contributed by atoms with E-state index >= 15 is 0 Å². The Morgan fingerprint density at radius 1 is 0.828 bits per heavy atom. The van der Waals surface area contributed by atoms with Crippen LogP contribution in [0.15, 0.2) is 60.7 Å². The predicted molar refractivity (Wildman–Crippen MR) is 110 cm³/mol. The van der Waals surface area contributed by atoms with Gasteiger partial charge in [0, 0.05) is 27.9 Å². The highest BCUT2D eigenvalue weighted by Gasteiger charge is 2.29. The van der Waals surface area contributed by atoms with Crippen LogP contribution >= 0.6 is 0 Å². The van der Waals surface area contributed by atoms with E-state index in [-0.39, 0.29) is 24.1 Å². The van der Waals surface area contributed by atoms with Gasteiger partial charge < -0.3 is 10.1 Å². The van der Waals surface area contributed by atoms with Crippen LogP contribution in [0.5, 0.6) is 5.75 Å². The molecule has 0 radical (unpaired) electrons. The molecule has 144 valence electrons. The summed E-state index contributed by atoms with van der Waals surface area (Å²) < 4.78 is 5.62. The minimum Gasteiger partial charge on any atom is -0.483 e. The van der Waals surface area contributed by atoms with Gasteiger partial charge in [0.05, 0.1) is 0 Å². The van der Waals surface area contributed by atoms with Gasteiger partial charge in [-0.3, -0.25) is 14.4 Å². The zero-order valence-electron chi connectivity index (χ0n) is 16.1. The first-order valence-electron chi connectivity index (χ1n) is 9.27. The number of benzene rings is 3. The third kappa shape index (κ3) is 3.43. The second-order valence-electron chi connectivity index (χ2n) is 7.00. The number of hydrogen-bond donors (Lipinski definition) is 1. The Labute approximate surface area is 168 Å². The third-order valence-corrected chi connectivity index (χ3v) is 5.12. The number of carbonyl (C=O) groups is 3. The van der Waals surface area contributed by atoms with Crippen molar-refractivity contribution in [3.63, 3.8) is 0 Å². The van der Waals surface area contributed by atoms with Crippen LogP contribution in [0.25, 0.3) is 0 Å². The van der Waals surface area contributed by atoms with Crippen molar-refractivity contribution in [2.45, 2.75) is 13.8 Å². The highest BCUT2D eigenvalue weighted by atomic mass is 16.5. The van der Waals surface area contributed by atoms with E-state index in [4.69, 9.17) is 4.74 Å². The second kappa shape index (κ2) is 7.36. The minimum absolute atomic E-state index is 0.156. The second-order valence-corrected chi connectivity index (χ2v) is 7.00. The number of aryl methyl sites for hydroxylation is 1. The summed E-state index contributed by atoms with van der Waals surface area (Å²) in [7, 11) is 0. The summed E-state index contributed by atoms with van der Waals surface area (Å²) >= 11 is 0. The molecule has 1 aliphatic carbocycles. The summed E-state index contributed by atoms with van der Waals surface area (Å²) in [4.78, 5) is 37.7. The molecule has 3 aromatic carbocycles. The lowest BCUT2D eigenvalue weighted by molar-refractivity contribution is -0.118. The van der Waals surface area contributed by atoms with Gasteiger partial charge in [0.2, 0.25) is 0 Å². The van der Waals surface area contributed by atoms with Crippen LogP contribution in [0.2, 0.25) is 0 Å². The van der Waals surface area contributed by atoms with E-state index in [9.17, 15) is 14.4 Å². The number of anilines is 1. The number of ether oxygens (including phenoxy) is 1. The molecule has 29 heavy (non-hydrogen) atoms. The van der Waals surface area contributed by atoms with Crippen molar-refractivity contribution in [3.05, 3.63) is 94.0 Å². The Balaban J connectivity index is 1.51. The van der Waals surface area contributed by atoms with Gasteiger partial charge in [0.15, 0.2) is 18.2 Å². The van der Waals surface area contributed by atoms with Crippen LogP contribution in [0.1, 0.15) is 43.0 Å². The van der Waals surface area contributed by atoms with Gasteiger partial charge in [0.25, 0.3) is 5.91 Å². The largest absolute Gasteiger partial charge is 0.483 e. The summed E-state index contributed by atoms with van der Waals surface area (Å²) in [5, 5.41) is 2.73. The summed E-state index contributed by atoms with van der Waals surface area (Å²) in [6.45, 7) is 3.76. The predicted octanol–water partition coefficient (Wildman–Crippen LogP) is 4.10. The summed E-state index contributed by atoms with van der Waals surface area (Å²) in [5.74, 6) is -0.104. The fraction of sp³-hybridized carbons (Fsp3) is 0.125. The van der Waals surface area contributed by atoms with Gasteiger partial charge in [-0.05, 0) is 49.2 Å². The first-order valence-corrected chi connectivity index (χ1v) is 9.27. The highest BCUT2D eigenvalue weighted by molar-refractivity contribution is 6.28. The zero-order valence-corrected chi connectivity index (χ0v) is 16.1. The molecule has 0 saturated heterocycles. The van der Waals surface area contributed by atoms with Crippen molar-refractivity contribution in [1.82, 2.24) is 0 Å². The molecule has 0 aromatic heterocycles. The molecule has 1 N–H and O–H groups in total. The highest BCUT2D eigenvalue weighted by Crippen LogP contribution is 2.29. The Bertz CT molecular complexity index is 1160. The molecule has 5 heteroatoms. The average Bonchev–Trinajstić information content (AvgIpc) is 2.73. The maximum Gasteiger partial charge on any atom is 0.262 e. The van der Waals surface area contributed by atoms with E-state index in [0.29, 0.717) is 33.7 Å². The number of hydrogen-bond acceptors (Lipinski definition) is 4. The lowest BCUT2D eigenvalue weighted by Gasteiger charge is -2.18. The Kier molecular flexibility index (Phi) is 4.72. The van der Waals surface area contributed by atoms with Gasteiger partial charge in [-0.25, -0.2) is 0 Å². The molecule has 1 aliphatic rings. The summed E-state index contributed by atoms with van der Waals surface area (Å²) in [6, 6.07) is 17.2. The maximum atomic E-state index is 12.8. The van der Waals surface area contributed by atoms with Gasteiger partial charge in [-0.15, -0.1) is 0 Å². The standard InChI is InChI=1S/C24H19NO4/c1-14-6-5-9-21(15(14)2)29-13-22(26)25-16-10-11-19-20(12-16)24(28)18-8-4-3-7-17(18)23(19)27/h3-12H,13H2,1-2H3,(H,25,26). The maximum absolute atomic E-state index is 12.8. The molecule has 0 aliphatic heterocycles. The number of amides is 1. The topological polar surface area (TPSA) is 72.5 Å². The van der Waals surface area contributed by atoms with Gasteiger partial charge >= 0.3 is 0 Å². The number of nitrogens with one attached hydrogen (secondary N) is 1. The van der Waals surface area contributed by atoms with Crippen molar-refractivity contribution in [1.29, 1.82) is 0 Å². The molecule has 0 spiro atoms. The minimum atomic E-state index is -0.346. The zero-order chi connectivity index (χ0) is 20.5. The van der Waals surface area contributed by atoms with E-state index in [0.717, 1.165) is 11.1 Å². The van der Waals surface area contributed by atoms with E-state index in [1.807, 2.05) is 32.0 Å². The molecule has 0 unspecified atom stereocenters. The SMILES string of the molecule is Cc1cccc(OCC(=O)Nc2ccc3c(c2)C(=O)c2ccccc2C3=O)c1C. The number of fused-ring (bicyclic) bond motifs is 2. The molecule has 3 aromatic rings. The van der Waals surface area contributed by atoms with Crippen molar-refractivity contribution >= 4 is 23.2 Å². The van der Waals surface area contributed by atoms with E-state index in [2.05, 4.69) is 5.32 Å². The fourth-order valence-corrected chi connectivity index (χ4v) is 3.40. The Morgan fingerprint density at radius 2 is 1.48 bits per heavy atom. The first-order chi connectivity index (χ1) is 14.0. The summed E-state index contributed by atoms with van der Waals surface area (Å²) in [5.41, 5.74) is 3.94. The molecule has 0 saturated carbocycles. The molecular weight excluding hydrogens is 366 g/mol. The van der Waals surface area contributed by atoms with Crippen molar-refractivity contribution in [2.75, 3.05) is 11.9 Å². The Hall–Kier alpha value is -3.73. The third-order valence-electron chi connectivity index (χ3n) is 5.12. The van der Waals surface area contributed by atoms with Crippen LogP contribution in [0.3, 0.4) is 0 Å². The van der Waals surface area contributed by atoms with Crippen molar-refractivity contribution in [2.24, 2.45) is 0 Å². The van der Waals surface area contributed by atoms with E-state index in [1.165, 1.54) is 0 Å². The van der Waals surface area contributed by atoms with Crippen LogP contribution < -0.4 is 10.1 Å². The van der Waals surface area contributed by atoms with Crippen LogP contribution in [0, 0.1) is 13.8 Å². The number of carbonyl (C=O) groups excluding carboxylic acids is 3. The Morgan fingerprint density at radius 3 is 2.21 bits per heavy atom. The number of rotatable bonds is 4. The molecular formula is C24H19NO4. The summed E-state index contributed by atoms with van der Waals surface area (Å²) in [6.07, 6.45) is 0. The van der Waals surface area contributed by atoms with Gasteiger partial charge in [-0.1, -0.05) is 36.4 Å². The molecule has 0 heterocycles. The normalized spacial score (nSPS) is 12.2. The van der Waals surface area contributed by atoms with Gasteiger partial charge in [0.1, 0.15) is 5.75 Å². The first kappa shape index (κ1) is 18.6. The van der Waals surface area contributed by atoms with Crippen LogP contribution in [-0.4, -0.2) is 24.1 Å². The molecule has 4 rings (SSSR count). The van der Waals surface area contributed by atoms with E-state index < -0.39 is 0 Å². The van der Waals surface area contributed by atoms with Crippen molar-refractivity contribution in [3.8, 4) is 5.75 Å². The van der Waals surface area contributed by atoms with Gasteiger partial charge in [-0.2, -0.15) is 0 Å². The molecule has 0 bridgehead atoms. The smallest absolute Gasteiger partial charge is 0.262 e. The lowest BCUT2D eigenvalue weighted by atomic mass is 9.84. The van der Waals surface area contributed by atoms with Crippen LogP contribution in [0.4, 0.5) is 5.69 Å². The quantitative estimate of drug-likeness (QED) is 0.574. The molecule has 5 nitrogen and oxygen atoms in total. The van der Waals surface area contributed by atoms with Crippen molar-refractivity contribution < 1.29 is 19.1 Å². The average molecular weight is 385 g/mol. The fourth-order valence-electron chi connectivity index (χ4n) is 3.40. The molecule has 0 atom stereocenters. The van der Waals surface area contributed by atoms with Crippen LogP contribution in [-0.2, 0) is 4.79 Å². The lowest BCUT2D eigenvalue weighted by Crippen LogP contribution is -2.23. The molecule has 1 amide bonds. The monoisotopic (exact) mass is 385 g/mol. The number of ketones is 2. The molecule has 0 fully saturated rings.